The van der Waals surface area contributed by atoms with Gasteiger partial charge in [0.25, 0.3) is 5.91 Å². The van der Waals surface area contributed by atoms with Crippen LogP contribution in [0.2, 0.25) is 5.02 Å². The molecule has 2 heterocycles. The third-order valence-corrected chi connectivity index (χ3v) is 8.65. The molecule has 0 aromatic heterocycles. The number of nitrogens with zero attached hydrogens (tertiary/aromatic N) is 1. The number of hydrogen-bond donors (Lipinski definition) is 2. The van der Waals surface area contributed by atoms with E-state index in [-0.39, 0.29) is 28.7 Å². The number of likely N-dealkylation sites (tertiary alicyclic amines) is 1. The van der Waals surface area contributed by atoms with E-state index in [1.165, 1.54) is 6.26 Å². The van der Waals surface area contributed by atoms with Crippen molar-refractivity contribution in [2.24, 2.45) is 5.92 Å². The minimum absolute atomic E-state index is 0.0672. The fourth-order valence-electron chi connectivity index (χ4n) is 5.22. The van der Waals surface area contributed by atoms with Gasteiger partial charge in [0.15, 0.2) is 9.84 Å². The van der Waals surface area contributed by atoms with Crippen LogP contribution < -0.4 is 10.6 Å². The van der Waals surface area contributed by atoms with Crippen LogP contribution in [-0.4, -0.2) is 63.7 Å². The number of allylic oxidation sites excluding steroid dienone is 3. The fourth-order valence-corrected chi connectivity index (χ4v) is 6.17. The Kier molecular flexibility index (Phi) is 9.33. The van der Waals surface area contributed by atoms with Gasteiger partial charge >= 0.3 is 0 Å². The molecular weight excluding hydrogens is 526 g/mol. The Balaban J connectivity index is 1.53. The molecule has 2 amide bonds. The van der Waals surface area contributed by atoms with Crippen molar-refractivity contribution in [2.75, 3.05) is 32.6 Å². The van der Waals surface area contributed by atoms with E-state index >= 15 is 0 Å². The minimum Gasteiger partial charge on any atom is -0.379 e. The predicted molar refractivity (Wildman–Crippen MR) is 148 cm³/mol. The molecule has 1 atom stereocenters. The molecule has 2 fully saturated rings. The molecule has 8 nitrogen and oxygen atoms in total. The number of halogens is 1. The second kappa shape index (κ2) is 12.5. The maximum Gasteiger partial charge on any atom is 0.255 e. The molecule has 1 aliphatic carbocycles. The van der Waals surface area contributed by atoms with E-state index in [1.54, 1.807) is 36.4 Å². The molecule has 1 aromatic rings. The van der Waals surface area contributed by atoms with E-state index in [1.807, 2.05) is 6.92 Å². The molecular formula is C28H36ClN3O5S. The number of piperidine rings is 1. The fraction of sp³-hybridized carbons (Fsp3) is 0.500. The molecule has 2 aliphatic heterocycles. The monoisotopic (exact) mass is 561 g/mol. The number of hydrogen-bond acceptors (Lipinski definition) is 6. The van der Waals surface area contributed by atoms with Gasteiger partial charge in [-0.25, -0.2) is 8.42 Å². The van der Waals surface area contributed by atoms with E-state index in [2.05, 4.69) is 15.5 Å². The normalized spacial score (nSPS) is 21.3. The van der Waals surface area contributed by atoms with Crippen molar-refractivity contribution < 1.29 is 22.7 Å². The van der Waals surface area contributed by atoms with E-state index in [0.717, 1.165) is 30.5 Å². The van der Waals surface area contributed by atoms with Gasteiger partial charge in [0.1, 0.15) is 0 Å². The van der Waals surface area contributed by atoms with Gasteiger partial charge < -0.3 is 20.3 Å². The Morgan fingerprint density at radius 3 is 2.61 bits per heavy atom. The first-order valence-electron chi connectivity index (χ1n) is 13.1. The minimum atomic E-state index is -3.49. The lowest BCUT2D eigenvalue weighted by Crippen LogP contribution is -2.40. The van der Waals surface area contributed by atoms with Gasteiger partial charge in [-0.15, -0.1) is 0 Å². The van der Waals surface area contributed by atoms with Gasteiger partial charge in [0.05, 0.1) is 28.9 Å². The van der Waals surface area contributed by atoms with Crippen LogP contribution in [0.25, 0.3) is 0 Å². The van der Waals surface area contributed by atoms with Gasteiger partial charge in [-0.1, -0.05) is 23.7 Å². The lowest BCUT2D eigenvalue weighted by molar-refractivity contribution is -0.123. The van der Waals surface area contributed by atoms with Gasteiger partial charge in [0, 0.05) is 43.0 Å². The number of nitrogens with one attached hydrogen (secondary N) is 2. The summed E-state index contributed by atoms with van der Waals surface area (Å²) < 4.78 is 30.4. The molecule has 0 radical (unpaired) electrons. The molecule has 3 aliphatic rings. The molecule has 1 aromatic carbocycles. The maximum absolute atomic E-state index is 13.2. The highest BCUT2D eigenvalue weighted by Crippen LogP contribution is 2.31. The number of ether oxygens (including phenoxy) is 1. The molecule has 10 heteroatoms. The first-order valence-corrected chi connectivity index (χ1v) is 15.4. The number of carbonyl (C=O) groups is 2. The Bertz CT molecular complexity index is 1260. The summed E-state index contributed by atoms with van der Waals surface area (Å²) >= 11 is 6.10. The molecule has 2 saturated heterocycles. The Morgan fingerprint density at radius 2 is 1.95 bits per heavy atom. The summed E-state index contributed by atoms with van der Waals surface area (Å²) in [7, 11) is -3.49. The first kappa shape index (κ1) is 28.4. The van der Waals surface area contributed by atoms with Crippen LogP contribution in [0.15, 0.2) is 58.3 Å². The SMILES string of the molecule is CC1=C(N2CCC(CC(=O)NC3CCOC3)CC2)C(NC(=O)c2cccc(Cl)c2)=CC(S(C)(=O)=O)=CCC1. The van der Waals surface area contributed by atoms with E-state index in [9.17, 15) is 18.0 Å². The third kappa shape index (κ3) is 7.48. The lowest BCUT2D eigenvalue weighted by Gasteiger charge is -2.37. The number of carbonyl (C=O) groups excluding carboxylic acids is 2. The van der Waals surface area contributed by atoms with Crippen LogP contribution in [0.3, 0.4) is 0 Å². The molecule has 4 rings (SSSR count). The van der Waals surface area contributed by atoms with Crippen LogP contribution in [0, 0.1) is 5.92 Å². The zero-order chi connectivity index (χ0) is 27.3. The predicted octanol–water partition coefficient (Wildman–Crippen LogP) is 3.96. The third-order valence-electron chi connectivity index (χ3n) is 7.27. The zero-order valence-corrected chi connectivity index (χ0v) is 23.5. The topological polar surface area (TPSA) is 105 Å². The van der Waals surface area contributed by atoms with Crippen molar-refractivity contribution in [2.45, 2.75) is 51.5 Å². The van der Waals surface area contributed by atoms with Crippen LogP contribution >= 0.6 is 11.6 Å². The van der Waals surface area contributed by atoms with Crippen molar-refractivity contribution in [1.82, 2.24) is 15.5 Å². The average Bonchev–Trinajstić information content (AvgIpc) is 3.35. The standard InChI is InChI=1S/C28H36ClN3O5S/c1-19-5-3-8-24(38(2,35)36)17-25(31-28(34)21-6-4-7-22(29)16-21)27(19)32-12-9-20(10-13-32)15-26(33)30-23-11-14-37-18-23/h4,6-8,16-17,20,23H,3,5,9-15,18H2,1-2H3,(H,30,33)(H,31,34). The second-order valence-corrected chi connectivity index (χ2v) is 12.8. The average molecular weight is 562 g/mol. The summed E-state index contributed by atoms with van der Waals surface area (Å²) in [5.74, 6) is -0.0273. The maximum atomic E-state index is 13.2. The molecule has 206 valence electrons. The summed E-state index contributed by atoms with van der Waals surface area (Å²) in [6.07, 6.45) is 8.72. The molecule has 1 unspecified atom stereocenters. The van der Waals surface area contributed by atoms with E-state index in [4.69, 9.17) is 16.3 Å². The van der Waals surface area contributed by atoms with Crippen molar-refractivity contribution in [3.8, 4) is 0 Å². The summed E-state index contributed by atoms with van der Waals surface area (Å²) in [5, 5.41) is 6.49. The molecule has 0 spiro atoms. The molecule has 38 heavy (non-hydrogen) atoms. The summed E-state index contributed by atoms with van der Waals surface area (Å²) in [4.78, 5) is 28.1. The number of amides is 2. The van der Waals surface area contributed by atoms with E-state index in [0.29, 0.717) is 61.8 Å². The molecule has 2 N–H and O–H groups in total. The second-order valence-electron chi connectivity index (χ2n) is 10.3. The van der Waals surface area contributed by atoms with Crippen LogP contribution in [-0.2, 0) is 19.4 Å². The van der Waals surface area contributed by atoms with Crippen molar-refractivity contribution >= 4 is 33.3 Å². The summed E-state index contributed by atoms with van der Waals surface area (Å²) in [6.45, 7) is 4.71. The highest BCUT2D eigenvalue weighted by Gasteiger charge is 2.28. The largest absolute Gasteiger partial charge is 0.379 e. The smallest absolute Gasteiger partial charge is 0.255 e. The van der Waals surface area contributed by atoms with E-state index < -0.39 is 9.84 Å². The quantitative estimate of drug-likeness (QED) is 0.522. The van der Waals surface area contributed by atoms with Gasteiger partial charge in [-0.2, -0.15) is 0 Å². The Labute approximate surface area is 230 Å². The van der Waals surface area contributed by atoms with Crippen LogP contribution in [0.1, 0.15) is 55.8 Å². The molecule has 0 bridgehead atoms. The van der Waals surface area contributed by atoms with Crippen LogP contribution in [0.4, 0.5) is 0 Å². The van der Waals surface area contributed by atoms with Crippen molar-refractivity contribution in [3.05, 3.63) is 68.9 Å². The number of benzene rings is 1. The zero-order valence-electron chi connectivity index (χ0n) is 22.0. The Morgan fingerprint density at radius 1 is 1.18 bits per heavy atom. The molecule has 0 saturated carbocycles. The van der Waals surface area contributed by atoms with Gasteiger partial charge in [-0.05, 0) is 74.8 Å². The Hall–Kier alpha value is -2.62. The van der Waals surface area contributed by atoms with Gasteiger partial charge in [0.2, 0.25) is 5.91 Å². The highest BCUT2D eigenvalue weighted by molar-refractivity contribution is 7.94. The number of sulfone groups is 1. The van der Waals surface area contributed by atoms with Gasteiger partial charge in [-0.3, -0.25) is 9.59 Å². The summed E-state index contributed by atoms with van der Waals surface area (Å²) in [5.41, 5.74) is 2.77. The van der Waals surface area contributed by atoms with Crippen LogP contribution in [0.5, 0.6) is 0 Å². The van der Waals surface area contributed by atoms with Crippen molar-refractivity contribution in [1.29, 1.82) is 0 Å². The first-order chi connectivity index (χ1) is 18.1. The number of rotatable bonds is 7. The summed E-state index contributed by atoms with van der Waals surface area (Å²) in [6, 6.07) is 6.76. The lowest BCUT2D eigenvalue weighted by atomic mass is 9.91. The highest BCUT2D eigenvalue weighted by atomic mass is 35.5. The van der Waals surface area contributed by atoms with Crippen molar-refractivity contribution in [3.63, 3.8) is 0 Å².